The minimum atomic E-state index is 0.567. The predicted octanol–water partition coefficient (Wildman–Crippen LogP) is 4.70. The minimum absolute atomic E-state index is 0.567. The van der Waals surface area contributed by atoms with Crippen molar-refractivity contribution in [3.63, 3.8) is 0 Å². The van der Waals surface area contributed by atoms with Gasteiger partial charge >= 0.3 is 0 Å². The molecule has 1 aromatic rings. The Hall–Kier alpha value is -1.28. The molecule has 1 aliphatic rings. The monoisotopic (exact) mass is 287 g/mol. The average molecular weight is 287 g/mol. The first-order chi connectivity index (χ1) is 10.3. The van der Waals surface area contributed by atoms with Gasteiger partial charge in [-0.15, -0.1) is 0 Å². The fraction of sp³-hybridized carbons (Fsp3) is 0.579. The maximum Gasteiger partial charge on any atom is 0.119 e. The van der Waals surface area contributed by atoms with E-state index in [9.17, 15) is 0 Å². The van der Waals surface area contributed by atoms with Crippen molar-refractivity contribution in [1.82, 2.24) is 5.32 Å². The van der Waals surface area contributed by atoms with Crippen LogP contribution in [0.15, 0.2) is 36.9 Å². The fourth-order valence-electron chi connectivity index (χ4n) is 3.29. The van der Waals surface area contributed by atoms with Crippen LogP contribution in [0.2, 0.25) is 0 Å². The molecule has 2 rings (SSSR count). The van der Waals surface area contributed by atoms with Crippen LogP contribution < -0.4 is 10.1 Å². The first-order valence-corrected chi connectivity index (χ1v) is 8.39. The maximum absolute atomic E-state index is 5.51. The van der Waals surface area contributed by atoms with Gasteiger partial charge in [-0.2, -0.15) is 0 Å². The van der Waals surface area contributed by atoms with Gasteiger partial charge in [-0.1, -0.05) is 51.0 Å². The van der Waals surface area contributed by atoms with Crippen molar-refractivity contribution in [3.8, 4) is 5.75 Å². The molecule has 0 saturated heterocycles. The van der Waals surface area contributed by atoms with E-state index in [0.29, 0.717) is 12.6 Å². The van der Waals surface area contributed by atoms with Crippen molar-refractivity contribution in [2.75, 3.05) is 6.61 Å². The molecular weight excluding hydrogens is 258 g/mol. The van der Waals surface area contributed by atoms with Crippen molar-refractivity contribution >= 4 is 0 Å². The molecule has 0 radical (unpaired) electrons. The number of hydrogen-bond acceptors (Lipinski definition) is 2. The molecule has 0 aromatic heterocycles. The second-order valence-electron chi connectivity index (χ2n) is 6.04. The van der Waals surface area contributed by atoms with Crippen molar-refractivity contribution < 1.29 is 4.74 Å². The normalized spacial score (nSPS) is 17.4. The van der Waals surface area contributed by atoms with E-state index in [-0.39, 0.29) is 0 Å². The number of nitrogens with one attached hydrogen (secondary N) is 1. The topological polar surface area (TPSA) is 21.3 Å². The Morgan fingerprint density at radius 2 is 1.95 bits per heavy atom. The summed E-state index contributed by atoms with van der Waals surface area (Å²) in [4.78, 5) is 0. The van der Waals surface area contributed by atoms with Gasteiger partial charge in [-0.25, -0.2) is 0 Å². The third kappa shape index (κ3) is 5.20. The van der Waals surface area contributed by atoms with Crippen molar-refractivity contribution in [2.24, 2.45) is 5.92 Å². The number of ether oxygens (including phenoxy) is 1. The molecule has 1 saturated carbocycles. The van der Waals surface area contributed by atoms with E-state index in [1.54, 1.807) is 6.08 Å². The third-order valence-electron chi connectivity index (χ3n) is 4.52. The standard InChI is InChI=1S/C19H29NO/c1-3-14-21-18-12-10-16(11-13-18)15-20-19(4-2)17-8-6-5-7-9-17/h3,10-13,17,19-20H,1,4-9,14-15H2,2H3. The molecule has 1 fully saturated rings. The first kappa shape index (κ1) is 16.1. The molecule has 1 aliphatic carbocycles. The summed E-state index contributed by atoms with van der Waals surface area (Å²) in [6.45, 7) is 7.49. The average Bonchev–Trinajstić information content (AvgIpc) is 2.55. The molecule has 1 N–H and O–H groups in total. The number of rotatable bonds is 8. The first-order valence-electron chi connectivity index (χ1n) is 8.39. The van der Waals surface area contributed by atoms with Crippen LogP contribution in [0.25, 0.3) is 0 Å². The second kappa shape index (κ2) is 8.89. The smallest absolute Gasteiger partial charge is 0.119 e. The highest BCUT2D eigenvalue weighted by Crippen LogP contribution is 2.27. The van der Waals surface area contributed by atoms with E-state index in [1.165, 1.54) is 44.1 Å². The SMILES string of the molecule is C=CCOc1ccc(CNC(CC)C2CCCCC2)cc1. The Morgan fingerprint density at radius 1 is 1.24 bits per heavy atom. The van der Waals surface area contributed by atoms with E-state index in [1.807, 2.05) is 12.1 Å². The van der Waals surface area contributed by atoms with Crippen LogP contribution in [-0.2, 0) is 6.54 Å². The zero-order chi connectivity index (χ0) is 14.9. The molecule has 0 amide bonds. The molecule has 1 unspecified atom stereocenters. The van der Waals surface area contributed by atoms with Crippen LogP contribution in [0.5, 0.6) is 5.75 Å². The van der Waals surface area contributed by atoms with Gasteiger partial charge in [-0.3, -0.25) is 0 Å². The third-order valence-corrected chi connectivity index (χ3v) is 4.52. The van der Waals surface area contributed by atoms with Gasteiger partial charge in [-0.05, 0) is 42.9 Å². The highest BCUT2D eigenvalue weighted by molar-refractivity contribution is 5.27. The summed E-state index contributed by atoms with van der Waals surface area (Å²) < 4.78 is 5.51. The Morgan fingerprint density at radius 3 is 2.57 bits per heavy atom. The second-order valence-corrected chi connectivity index (χ2v) is 6.04. The largest absolute Gasteiger partial charge is 0.490 e. The van der Waals surface area contributed by atoms with Crippen LogP contribution >= 0.6 is 0 Å². The Kier molecular flexibility index (Phi) is 6.81. The lowest BCUT2D eigenvalue weighted by atomic mass is 9.83. The lowest BCUT2D eigenvalue weighted by molar-refractivity contribution is 0.261. The molecule has 0 heterocycles. The van der Waals surface area contributed by atoms with Gasteiger partial charge in [0.25, 0.3) is 0 Å². The lowest BCUT2D eigenvalue weighted by Crippen LogP contribution is -2.36. The Balaban J connectivity index is 1.81. The quantitative estimate of drug-likeness (QED) is 0.700. The van der Waals surface area contributed by atoms with Crippen molar-refractivity contribution in [2.45, 2.75) is 58.0 Å². The lowest BCUT2D eigenvalue weighted by Gasteiger charge is -2.30. The predicted molar refractivity (Wildman–Crippen MR) is 89.6 cm³/mol. The summed E-state index contributed by atoms with van der Waals surface area (Å²) in [5.41, 5.74) is 1.33. The zero-order valence-corrected chi connectivity index (χ0v) is 13.3. The molecule has 0 spiro atoms. The molecule has 1 aromatic carbocycles. The van der Waals surface area contributed by atoms with Gasteiger partial charge in [0.2, 0.25) is 0 Å². The number of hydrogen-bond donors (Lipinski definition) is 1. The van der Waals surface area contributed by atoms with Crippen molar-refractivity contribution in [3.05, 3.63) is 42.5 Å². The van der Waals surface area contributed by atoms with Gasteiger partial charge in [0.05, 0.1) is 0 Å². The van der Waals surface area contributed by atoms with Crippen molar-refractivity contribution in [1.29, 1.82) is 0 Å². The fourth-order valence-corrected chi connectivity index (χ4v) is 3.29. The summed E-state index contributed by atoms with van der Waals surface area (Å²) >= 11 is 0. The zero-order valence-electron chi connectivity index (χ0n) is 13.3. The van der Waals surface area contributed by atoms with Crippen LogP contribution in [0.4, 0.5) is 0 Å². The van der Waals surface area contributed by atoms with Crippen LogP contribution in [0.1, 0.15) is 51.0 Å². The van der Waals surface area contributed by atoms with Gasteiger partial charge in [0.15, 0.2) is 0 Å². The highest BCUT2D eigenvalue weighted by Gasteiger charge is 2.21. The van der Waals surface area contributed by atoms with Crippen LogP contribution in [0.3, 0.4) is 0 Å². The molecule has 116 valence electrons. The highest BCUT2D eigenvalue weighted by atomic mass is 16.5. The number of benzene rings is 1. The summed E-state index contributed by atoms with van der Waals surface area (Å²) in [5.74, 6) is 1.79. The minimum Gasteiger partial charge on any atom is -0.490 e. The summed E-state index contributed by atoms with van der Waals surface area (Å²) in [6, 6.07) is 9.06. The van der Waals surface area contributed by atoms with E-state index >= 15 is 0 Å². The molecule has 1 atom stereocenters. The maximum atomic E-state index is 5.51. The van der Waals surface area contributed by atoms with Gasteiger partial charge in [0.1, 0.15) is 12.4 Å². The van der Waals surface area contributed by atoms with E-state index in [2.05, 4.69) is 31.0 Å². The van der Waals surface area contributed by atoms with E-state index in [0.717, 1.165) is 18.2 Å². The molecule has 0 aliphatic heterocycles. The van der Waals surface area contributed by atoms with Crippen LogP contribution in [-0.4, -0.2) is 12.6 Å². The molecular formula is C19H29NO. The summed E-state index contributed by atoms with van der Waals surface area (Å²) in [6.07, 6.45) is 10.1. The molecule has 0 bridgehead atoms. The van der Waals surface area contributed by atoms with Gasteiger partial charge < -0.3 is 10.1 Å². The molecule has 2 heteroatoms. The van der Waals surface area contributed by atoms with Gasteiger partial charge in [0, 0.05) is 12.6 Å². The van der Waals surface area contributed by atoms with E-state index < -0.39 is 0 Å². The Labute approximate surface area is 129 Å². The van der Waals surface area contributed by atoms with Crippen LogP contribution in [0, 0.1) is 5.92 Å². The Bertz CT molecular complexity index is 406. The molecule has 2 nitrogen and oxygen atoms in total. The summed E-state index contributed by atoms with van der Waals surface area (Å²) in [7, 11) is 0. The van der Waals surface area contributed by atoms with E-state index in [4.69, 9.17) is 4.74 Å². The summed E-state index contributed by atoms with van der Waals surface area (Å²) in [5, 5.41) is 3.76. The molecule has 21 heavy (non-hydrogen) atoms.